The lowest BCUT2D eigenvalue weighted by Gasteiger charge is -2.23. The lowest BCUT2D eigenvalue weighted by atomic mass is 9.94. The first kappa shape index (κ1) is 23.5. The number of ether oxygens (including phenoxy) is 1. The number of rotatable bonds is 10. The quantitative estimate of drug-likeness (QED) is 0.301. The first-order chi connectivity index (χ1) is 15.5. The van der Waals surface area contributed by atoms with Crippen LogP contribution < -0.4 is 10.8 Å². The Morgan fingerprint density at radius 2 is 1.47 bits per heavy atom. The van der Waals surface area contributed by atoms with Crippen LogP contribution in [0.2, 0.25) is 0 Å². The average molecular weight is 439 g/mol. The molecule has 1 aliphatic rings. The molecule has 0 unspecified atom stereocenters. The summed E-state index contributed by atoms with van der Waals surface area (Å²) < 4.78 is 5.67. The molecule has 0 aromatic heterocycles. The third kappa shape index (κ3) is 7.20. The predicted octanol–water partition coefficient (Wildman–Crippen LogP) is 2.95. The third-order valence-electron chi connectivity index (χ3n) is 5.72. The largest absolute Gasteiger partial charge is 0.461 e. The Balaban J connectivity index is 1.74. The number of amides is 2. The highest BCUT2D eigenvalue weighted by Gasteiger charge is 2.30. The molecule has 0 bridgehead atoms. The fourth-order valence-electron chi connectivity index (χ4n) is 4.01. The maximum Gasteiger partial charge on any atom is 0.329 e. The zero-order valence-electron chi connectivity index (χ0n) is 18.0. The van der Waals surface area contributed by atoms with E-state index in [2.05, 4.69) is 5.32 Å². The normalized spacial score (nSPS) is 15.5. The van der Waals surface area contributed by atoms with Gasteiger partial charge in [0.25, 0.3) is 0 Å². The van der Waals surface area contributed by atoms with Crippen molar-refractivity contribution in [3.8, 4) is 0 Å². The molecule has 0 saturated heterocycles. The smallest absolute Gasteiger partial charge is 0.329 e. The summed E-state index contributed by atoms with van der Waals surface area (Å²) in [5.74, 6) is -2.29. The predicted molar refractivity (Wildman–Crippen MR) is 119 cm³/mol. The van der Waals surface area contributed by atoms with E-state index in [-0.39, 0.29) is 12.5 Å². The number of hydroxylamine groups is 1. The van der Waals surface area contributed by atoms with E-state index in [0.29, 0.717) is 12.8 Å². The van der Waals surface area contributed by atoms with Crippen LogP contribution in [0.15, 0.2) is 60.7 Å². The molecular weight excluding hydrogens is 408 g/mol. The van der Waals surface area contributed by atoms with Crippen molar-refractivity contribution in [3.63, 3.8) is 0 Å². The molecule has 2 aromatic rings. The number of carbonyl (C=O) groups excluding carboxylic acids is 3. The van der Waals surface area contributed by atoms with Crippen LogP contribution in [0.25, 0.3) is 0 Å². The molecule has 1 fully saturated rings. The zero-order chi connectivity index (χ0) is 22.8. The molecule has 7 nitrogen and oxygen atoms in total. The van der Waals surface area contributed by atoms with Crippen LogP contribution in [-0.2, 0) is 32.0 Å². The standard InChI is InChI=1S/C25H30N2O5/c28-23(27-31)17-20(15-18-9-3-1-4-10-18)24(29)26-22(16-19-11-5-2-6-12-19)25(30)32-21-13-7-8-14-21/h1-6,9-12,20-22,31H,7-8,13-17H2,(H,26,29)(H,27,28)/t20-,22+/m1/s1. The van der Waals surface area contributed by atoms with Gasteiger partial charge in [0.15, 0.2) is 0 Å². The van der Waals surface area contributed by atoms with Gasteiger partial charge in [-0.2, -0.15) is 0 Å². The van der Waals surface area contributed by atoms with E-state index in [1.807, 2.05) is 60.7 Å². The van der Waals surface area contributed by atoms with E-state index in [0.717, 1.165) is 36.8 Å². The number of benzene rings is 2. The minimum atomic E-state index is -0.860. The first-order valence-corrected chi connectivity index (χ1v) is 11.1. The van der Waals surface area contributed by atoms with Gasteiger partial charge in [-0.05, 0) is 43.2 Å². The van der Waals surface area contributed by atoms with E-state index in [4.69, 9.17) is 9.94 Å². The zero-order valence-corrected chi connectivity index (χ0v) is 18.0. The third-order valence-corrected chi connectivity index (χ3v) is 5.72. The molecule has 1 aliphatic carbocycles. The highest BCUT2D eigenvalue weighted by molar-refractivity contribution is 5.89. The van der Waals surface area contributed by atoms with Crippen molar-refractivity contribution in [3.05, 3.63) is 71.8 Å². The van der Waals surface area contributed by atoms with E-state index in [9.17, 15) is 14.4 Å². The van der Waals surface area contributed by atoms with Gasteiger partial charge < -0.3 is 10.1 Å². The van der Waals surface area contributed by atoms with Gasteiger partial charge in [-0.1, -0.05) is 60.7 Å². The first-order valence-electron chi connectivity index (χ1n) is 11.1. The van der Waals surface area contributed by atoms with Crippen LogP contribution in [0, 0.1) is 5.92 Å². The van der Waals surface area contributed by atoms with E-state index in [1.165, 1.54) is 0 Å². The molecule has 3 rings (SSSR count). The monoisotopic (exact) mass is 438 g/mol. The van der Waals surface area contributed by atoms with Crippen LogP contribution in [0.5, 0.6) is 0 Å². The second-order valence-corrected chi connectivity index (χ2v) is 8.22. The number of hydrogen-bond acceptors (Lipinski definition) is 5. The average Bonchev–Trinajstić information content (AvgIpc) is 3.32. The lowest BCUT2D eigenvalue weighted by Crippen LogP contribution is -2.47. The van der Waals surface area contributed by atoms with Gasteiger partial charge in [0.1, 0.15) is 12.1 Å². The summed E-state index contributed by atoms with van der Waals surface area (Å²) in [6, 6.07) is 17.9. The molecular formula is C25H30N2O5. The Morgan fingerprint density at radius 1 is 0.906 bits per heavy atom. The summed E-state index contributed by atoms with van der Waals surface area (Å²) in [6.07, 6.45) is 4.02. The Hall–Kier alpha value is -3.19. The summed E-state index contributed by atoms with van der Waals surface area (Å²) in [7, 11) is 0. The maximum atomic E-state index is 13.2. The minimum absolute atomic E-state index is 0.113. The van der Waals surface area contributed by atoms with Crippen molar-refractivity contribution < 1.29 is 24.3 Å². The van der Waals surface area contributed by atoms with Crippen molar-refractivity contribution in [1.82, 2.24) is 10.8 Å². The minimum Gasteiger partial charge on any atom is -0.461 e. The van der Waals surface area contributed by atoms with Gasteiger partial charge in [0, 0.05) is 12.8 Å². The summed E-state index contributed by atoms with van der Waals surface area (Å²) in [6.45, 7) is 0. The fraction of sp³-hybridized carbons (Fsp3) is 0.400. The summed E-state index contributed by atoms with van der Waals surface area (Å²) in [5.41, 5.74) is 3.37. The molecule has 2 amide bonds. The topological polar surface area (TPSA) is 105 Å². The van der Waals surface area contributed by atoms with Gasteiger partial charge >= 0.3 is 5.97 Å². The molecule has 3 N–H and O–H groups in total. The number of esters is 1. The highest BCUT2D eigenvalue weighted by atomic mass is 16.5. The van der Waals surface area contributed by atoms with E-state index < -0.39 is 29.7 Å². The Labute approximate surface area is 188 Å². The van der Waals surface area contributed by atoms with Gasteiger partial charge in [-0.25, -0.2) is 10.3 Å². The number of nitrogens with one attached hydrogen (secondary N) is 2. The van der Waals surface area contributed by atoms with Gasteiger partial charge in [0.2, 0.25) is 11.8 Å². The van der Waals surface area contributed by atoms with E-state index in [1.54, 1.807) is 5.48 Å². The molecule has 32 heavy (non-hydrogen) atoms. The van der Waals surface area contributed by atoms with Crippen molar-refractivity contribution in [2.24, 2.45) is 5.92 Å². The van der Waals surface area contributed by atoms with E-state index >= 15 is 0 Å². The molecule has 1 saturated carbocycles. The second-order valence-electron chi connectivity index (χ2n) is 8.22. The maximum absolute atomic E-state index is 13.2. The van der Waals surface area contributed by atoms with Crippen LogP contribution in [-0.4, -0.2) is 35.1 Å². The molecule has 0 radical (unpaired) electrons. The molecule has 170 valence electrons. The molecule has 0 aliphatic heterocycles. The lowest BCUT2D eigenvalue weighted by molar-refractivity contribution is -0.153. The molecule has 0 heterocycles. The van der Waals surface area contributed by atoms with Crippen molar-refractivity contribution in [2.75, 3.05) is 0 Å². The van der Waals surface area contributed by atoms with Crippen molar-refractivity contribution in [2.45, 2.75) is 57.1 Å². The van der Waals surface area contributed by atoms with Crippen LogP contribution in [0.3, 0.4) is 0 Å². The molecule has 2 aromatic carbocycles. The summed E-state index contributed by atoms with van der Waals surface area (Å²) >= 11 is 0. The molecule has 7 heteroatoms. The summed E-state index contributed by atoms with van der Waals surface area (Å²) in [5, 5.41) is 11.8. The van der Waals surface area contributed by atoms with Crippen LogP contribution >= 0.6 is 0 Å². The Kier molecular flexibility index (Phi) is 8.80. The summed E-state index contributed by atoms with van der Waals surface area (Å²) in [4.78, 5) is 37.9. The molecule has 2 atom stereocenters. The molecule has 0 spiro atoms. The SMILES string of the molecule is O=C(C[C@@H](Cc1ccccc1)C(=O)N[C@@H](Cc1ccccc1)C(=O)OC1CCCC1)NO. The van der Waals surface area contributed by atoms with Crippen molar-refractivity contribution in [1.29, 1.82) is 0 Å². The second kappa shape index (κ2) is 12.0. The van der Waals surface area contributed by atoms with Gasteiger partial charge in [0.05, 0.1) is 5.92 Å². The Bertz CT molecular complexity index is 882. The highest BCUT2D eigenvalue weighted by Crippen LogP contribution is 2.22. The van der Waals surface area contributed by atoms with Crippen LogP contribution in [0.1, 0.15) is 43.2 Å². The van der Waals surface area contributed by atoms with Gasteiger partial charge in [-0.15, -0.1) is 0 Å². The fourth-order valence-corrected chi connectivity index (χ4v) is 4.01. The van der Waals surface area contributed by atoms with Gasteiger partial charge in [-0.3, -0.25) is 14.8 Å². The van der Waals surface area contributed by atoms with Crippen LogP contribution in [0.4, 0.5) is 0 Å². The number of hydrogen-bond donors (Lipinski definition) is 3. The van der Waals surface area contributed by atoms with Crippen molar-refractivity contribution >= 4 is 17.8 Å². The Morgan fingerprint density at radius 3 is 2.03 bits per heavy atom. The number of carbonyl (C=O) groups is 3.